The Morgan fingerprint density at radius 1 is 1.00 bits per heavy atom. The predicted octanol–water partition coefficient (Wildman–Crippen LogP) is 1.65. The van der Waals surface area contributed by atoms with Crippen LogP contribution in [0.1, 0.15) is 17.2 Å². The molecule has 0 aliphatic rings. The van der Waals surface area contributed by atoms with Crippen LogP contribution >= 0.6 is 0 Å². The third-order valence-corrected chi connectivity index (χ3v) is 1.02. The van der Waals surface area contributed by atoms with E-state index >= 15 is 0 Å². The minimum Gasteiger partial charge on any atom is -0.427 e. The summed E-state index contributed by atoms with van der Waals surface area (Å²) in [7, 11) is 0. The number of nitrogens with zero attached hydrogens (tertiary/aromatic N) is 2. The largest absolute Gasteiger partial charge is 0.427 e. The minimum absolute atomic E-state index is 0. The van der Waals surface area contributed by atoms with Crippen molar-refractivity contribution in [3.05, 3.63) is 30.7 Å². The van der Waals surface area contributed by atoms with Gasteiger partial charge in [-0.15, -0.1) is 11.4 Å². The van der Waals surface area contributed by atoms with Crippen molar-refractivity contribution in [3.63, 3.8) is 0 Å². The summed E-state index contributed by atoms with van der Waals surface area (Å²) in [5.41, 5.74) is 1.83. The van der Waals surface area contributed by atoms with Gasteiger partial charge in [0.2, 0.25) is 0 Å². The Hall–Kier alpha value is 0.184. The molecule has 0 aromatic carbocycles. The molecule has 0 spiro atoms. The second-order valence-corrected chi connectivity index (χ2v) is 2.07. The van der Waals surface area contributed by atoms with Crippen LogP contribution < -0.4 is 0 Å². The van der Waals surface area contributed by atoms with Crippen LogP contribution in [-0.4, -0.2) is 9.97 Å². The van der Waals surface area contributed by atoms with Crippen molar-refractivity contribution >= 4 is 0 Å². The van der Waals surface area contributed by atoms with Crippen molar-refractivity contribution in [2.45, 2.75) is 20.8 Å². The Labute approximate surface area is 93.7 Å². The van der Waals surface area contributed by atoms with Crippen LogP contribution in [0.25, 0.3) is 0 Å². The molecule has 0 saturated heterocycles. The maximum Gasteiger partial charge on any atom is 0.118 e. The molecule has 3 heteroatoms. The first-order valence-electron chi connectivity index (χ1n) is 2.89. The molecule has 0 bridgehead atoms. The molecule has 11 heavy (non-hydrogen) atoms. The molecule has 0 fully saturated rings. The fourth-order valence-corrected chi connectivity index (χ4v) is 0.828. The minimum atomic E-state index is 0. The van der Waals surface area contributed by atoms with Crippen LogP contribution in [0, 0.1) is 34.3 Å². The van der Waals surface area contributed by atoms with E-state index < -0.39 is 0 Å². The number of aryl methyl sites for hydroxylation is 3. The average molecular weight is 225 g/mol. The maximum atomic E-state index is 4.07. The Kier molecular flexibility index (Phi) is 7.23. The van der Waals surface area contributed by atoms with E-state index in [-0.39, 0.29) is 40.1 Å². The van der Waals surface area contributed by atoms with Gasteiger partial charge in [0, 0.05) is 32.7 Å². The second kappa shape index (κ2) is 5.79. The van der Waals surface area contributed by atoms with Gasteiger partial charge in [-0.1, -0.05) is 13.8 Å². The number of aromatic nitrogens is 2. The summed E-state index contributed by atoms with van der Waals surface area (Å²) in [5, 5.41) is 0. The fourth-order valence-electron chi connectivity index (χ4n) is 0.828. The Bertz CT molecular complexity index is 173. The molecule has 1 aromatic rings. The third kappa shape index (κ3) is 4.59. The van der Waals surface area contributed by atoms with Crippen molar-refractivity contribution in [2.24, 2.45) is 0 Å². The zero-order valence-electron chi connectivity index (χ0n) is 7.47. The van der Waals surface area contributed by atoms with Gasteiger partial charge in [0.1, 0.15) is 5.82 Å². The molecule has 59 valence electrons. The van der Waals surface area contributed by atoms with E-state index in [0.717, 1.165) is 17.2 Å². The van der Waals surface area contributed by atoms with Crippen LogP contribution in [0.4, 0.5) is 0 Å². The molecular formula is C8H12N2Y-2. The van der Waals surface area contributed by atoms with Crippen molar-refractivity contribution in [1.29, 1.82) is 0 Å². The van der Waals surface area contributed by atoms with Gasteiger partial charge in [0.15, 0.2) is 0 Å². The quantitative estimate of drug-likeness (QED) is 0.627. The zero-order chi connectivity index (χ0) is 6.85. The SMILES string of the molecule is Cc1[c-]c(C)nc(C)n1.[CH3-].[Y]. The third-order valence-electron chi connectivity index (χ3n) is 1.02. The van der Waals surface area contributed by atoms with Gasteiger partial charge in [-0.2, -0.15) is 0 Å². The summed E-state index contributed by atoms with van der Waals surface area (Å²) in [6.45, 7) is 5.72. The molecular weight excluding hydrogens is 213 g/mol. The number of hydrogen-bond acceptors (Lipinski definition) is 2. The van der Waals surface area contributed by atoms with Crippen molar-refractivity contribution < 1.29 is 32.7 Å². The molecule has 0 aliphatic heterocycles. The van der Waals surface area contributed by atoms with Crippen molar-refractivity contribution in [2.75, 3.05) is 0 Å². The van der Waals surface area contributed by atoms with Crippen molar-refractivity contribution in [1.82, 2.24) is 9.97 Å². The summed E-state index contributed by atoms with van der Waals surface area (Å²) in [5.74, 6) is 0.823. The average Bonchev–Trinajstić information content (AvgIpc) is 1.59. The molecule has 0 N–H and O–H groups in total. The molecule has 1 heterocycles. The van der Waals surface area contributed by atoms with Crippen LogP contribution in [0.15, 0.2) is 0 Å². The summed E-state index contributed by atoms with van der Waals surface area (Å²) < 4.78 is 0. The van der Waals surface area contributed by atoms with Crippen LogP contribution in [-0.2, 0) is 32.7 Å². The summed E-state index contributed by atoms with van der Waals surface area (Å²) in [6, 6.07) is 2.99. The molecule has 1 radical (unpaired) electrons. The van der Waals surface area contributed by atoms with Gasteiger partial charge in [-0.3, -0.25) is 9.97 Å². The van der Waals surface area contributed by atoms with Gasteiger partial charge in [-0.25, -0.2) is 0 Å². The van der Waals surface area contributed by atoms with Crippen LogP contribution in [0.2, 0.25) is 0 Å². The van der Waals surface area contributed by atoms with Gasteiger partial charge >= 0.3 is 0 Å². The monoisotopic (exact) mass is 225 g/mol. The number of rotatable bonds is 0. The van der Waals surface area contributed by atoms with E-state index in [0.29, 0.717) is 0 Å². The fraction of sp³-hybridized carbons (Fsp3) is 0.375. The molecule has 0 saturated carbocycles. The topological polar surface area (TPSA) is 25.8 Å². The van der Waals surface area contributed by atoms with E-state index in [2.05, 4.69) is 16.0 Å². The summed E-state index contributed by atoms with van der Waals surface area (Å²) in [6.07, 6.45) is 0. The van der Waals surface area contributed by atoms with Gasteiger partial charge < -0.3 is 13.5 Å². The molecule has 0 atom stereocenters. The first-order chi connectivity index (χ1) is 4.18. The van der Waals surface area contributed by atoms with Crippen LogP contribution in [0.3, 0.4) is 0 Å². The van der Waals surface area contributed by atoms with Crippen molar-refractivity contribution in [3.8, 4) is 0 Å². The molecule has 1 aromatic heterocycles. The molecule has 0 amide bonds. The smallest absolute Gasteiger partial charge is 0.118 e. The summed E-state index contributed by atoms with van der Waals surface area (Å²) in [4.78, 5) is 8.14. The van der Waals surface area contributed by atoms with Crippen LogP contribution in [0.5, 0.6) is 0 Å². The maximum absolute atomic E-state index is 4.07. The standard InChI is InChI=1S/C7H9N2.CH3.Y/c1-5-4-6(2)9-7(3)8-5;;/h1-3H3;1H3;/q2*-1;. The van der Waals surface area contributed by atoms with Gasteiger partial charge in [-0.05, 0) is 6.92 Å². The van der Waals surface area contributed by atoms with E-state index in [1.54, 1.807) is 0 Å². The summed E-state index contributed by atoms with van der Waals surface area (Å²) >= 11 is 0. The molecule has 0 aliphatic carbocycles. The van der Waals surface area contributed by atoms with E-state index in [9.17, 15) is 0 Å². The predicted molar refractivity (Wildman–Crippen MR) is 41.5 cm³/mol. The second-order valence-electron chi connectivity index (χ2n) is 2.07. The normalized spacial score (nSPS) is 7.91. The first kappa shape index (κ1) is 13.8. The van der Waals surface area contributed by atoms with E-state index in [1.807, 2.05) is 20.8 Å². The Morgan fingerprint density at radius 2 is 1.36 bits per heavy atom. The molecule has 0 unspecified atom stereocenters. The number of hydrogen-bond donors (Lipinski definition) is 0. The zero-order valence-corrected chi connectivity index (χ0v) is 10.3. The van der Waals surface area contributed by atoms with Gasteiger partial charge in [0.05, 0.1) is 0 Å². The molecule has 1 rings (SSSR count). The Balaban J connectivity index is 0. The first-order valence-corrected chi connectivity index (χ1v) is 2.89. The molecule has 2 nitrogen and oxygen atoms in total. The van der Waals surface area contributed by atoms with E-state index in [1.165, 1.54) is 0 Å². The van der Waals surface area contributed by atoms with Gasteiger partial charge in [0.25, 0.3) is 0 Å². The van der Waals surface area contributed by atoms with E-state index in [4.69, 9.17) is 0 Å². The Morgan fingerprint density at radius 3 is 1.64 bits per heavy atom.